The summed E-state index contributed by atoms with van der Waals surface area (Å²) in [6.07, 6.45) is 12.6. The molecule has 2 N–H and O–H groups in total. The molecule has 4 fully saturated rings. The van der Waals surface area contributed by atoms with Crippen molar-refractivity contribution in [2.75, 3.05) is 0 Å². The summed E-state index contributed by atoms with van der Waals surface area (Å²) in [7, 11) is 0. The summed E-state index contributed by atoms with van der Waals surface area (Å²) >= 11 is 0. The Hall–Kier alpha value is -0.600. The Kier molecular flexibility index (Phi) is 5.27. The molecule has 0 heterocycles. The van der Waals surface area contributed by atoms with Crippen LogP contribution < -0.4 is 0 Å². The molecule has 2 nitrogen and oxygen atoms in total. The molecule has 5 aliphatic rings. The van der Waals surface area contributed by atoms with Crippen molar-refractivity contribution in [2.24, 2.45) is 50.7 Å². The highest BCUT2D eigenvalue weighted by Crippen LogP contribution is 2.70. The molecule has 4 saturated carbocycles. The van der Waals surface area contributed by atoms with Crippen molar-refractivity contribution in [3.8, 4) is 0 Å². The first-order chi connectivity index (χ1) is 15.2. The van der Waals surface area contributed by atoms with Crippen molar-refractivity contribution in [3.05, 3.63) is 23.8 Å². The van der Waals surface area contributed by atoms with Crippen LogP contribution >= 0.6 is 0 Å². The Labute approximate surface area is 203 Å². The van der Waals surface area contributed by atoms with Gasteiger partial charge in [0.1, 0.15) is 0 Å². The second kappa shape index (κ2) is 7.22. The van der Waals surface area contributed by atoms with Crippen LogP contribution in [0.2, 0.25) is 0 Å². The molecular formula is C31H50O2. The maximum atomic E-state index is 10.9. The Morgan fingerprint density at radius 2 is 1.33 bits per heavy atom. The van der Waals surface area contributed by atoms with Crippen LogP contribution in [0, 0.1) is 50.7 Å². The molecule has 9 atom stereocenters. The fourth-order valence-electron chi connectivity index (χ4n) is 11.1. The van der Waals surface area contributed by atoms with E-state index in [0.29, 0.717) is 28.6 Å². The lowest BCUT2D eigenvalue weighted by atomic mass is 9.42. The lowest BCUT2D eigenvalue weighted by molar-refractivity contribution is -0.170. The predicted octanol–water partition coefficient (Wildman–Crippen LogP) is 7.31. The first-order valence-electron chi connectivity index (χ1n) is 13.9. The Bertz CT molecular complexity index is 866. The molecule has 186 valence electrons. The van der Waals surface area contributed by atoms with Gasteiger partial charge in [-0.1, -0.05) is 72.3 Å². The fraction of sp³-hybridized carbons (Fsp3) is 0.871. The van der Waals surface area contributed by atoms with Crippen molar-refractivity contribution in [3.63, 3.8) is 0 Å². The van der Waals surface area contributed by atoms with E-state index in [2.05, 4.69) is 61.1 Å². The van der Waals surface area contributed by atoms with Crippen LogP contribution in [0.5, 0.6) is 0 Å². The number of hydrogen-bond donors (Lipinski definition) is 2. The van der Waals surface area contributed by atoms with E-state index in [1.807, 2.05) is 0 Å². The molecule has 5 aliphatic carbocycles. The van der Waals surface area contributed by atoms with E-state index >= 15 is 0 Å². The Balaban J connectivity index is 1.54. The third-order valence-electron chi connectivity index (χ3n) is 12.7. The number of fused-ring (bicyclic) bond motifs is 6. The number of aliphatic hydroxyl groups excluding tert-OH is 2. The second-order valence-electron chi connectivity index (χ2n) is 15.1. The monoisotopic (exact) mass is 454 g/mol. The first-order valence-corrected chi connectivity index (χ1v) is 13.9. The van der Waals surface area contributed by atoms with Crippen LogP contribution in [0.4, 0.5) is 0 Å². The van der Waals surface area contributed by atoms with Gasteiger partial charge in [0.05, 0.1) is 12.2 Å². The highest BCUT2D eigenvalue weighted by molar-refractivity contribution is 5.37. The number of hydrogen-bond acceptors (Lipinski definition) is 2. The van der Waals surface area contributed by atoms with Gasteiger partial charge in [0.15, 0.2) is 0 Å². The Morgan fingerprint density at radius 1 is 0.727 bits per heavy atom. The van der Waals surface area contributed by atoms with Crippen LogP contribution in [0.25, 0.3) is 0 Å². The van der Waals surface area contributed by atoms with Gasteiger partial charge in [0, 0.05) is 0 Å². The van der Waals surface area contributed by atoms with E-state index in [0.717, 1.165) is 25.2 Å². The zero-order chi connectivity index (χ0) is 24.2. The zero-order valence-electron chi connectivity index (χ0n) is 22.5. The van der Waals surface area contributed by atoms with Gasteiger partial charge in [-0.05, 0) is 109 Å². The lowest BCUT2D eigenvalue weighted by Crippen LogP contribution is -2.58. The van der Waals surface area contributed by atoms with Crippen molar-refractivity contribution in [1.82, 2.24) is 0 Å². The molecule has 0 spiro atoms. The summed E-state index contributed by atoms with van der Waals surface area (Å²) in [5.41, 5.74) is 3.72. The minimum atomic E-state index is -0.233. The summed E-state index contributed by atoms with van der Waals surface area (Å²) in [4.78, 5) is 0. The van der Waals surface area contributed by atoms with E-state index in [-0.39, 0.29) is 28.5 Å². The van der Waals surface area contributed by atoms with Crippen LogP contribution in [0.3, 0.4) is 0 Å². The van der Waals surface area contributed by atoms with Crippen LogP contribution in [0.15, 0.2) is 23.8 Å². The molecule has 0 bridgehead atoms. The number of aliphatic hydroxyl groups is 2. The predicted molar refractivity (Wildman–Crippen MR) is 137 cm³/mol. The summed E-state index contributed by atoms with van der Waals surface area (Å²) in [6.45, 7) is 21.6. The maximum Gasteiger partial charge on any atom is 0.0597 e. The highest BCUT2D eigenvalue weighted by Gasteiger charge is 2.63. The van der Waals surface area contributed by atoms with Gasteiger partial charge in [-0.3, -0.25) is 0 Å². The quantitative estimate of drug-likeness (QED) is 0.403. The van der Waals surface area contributed by atoms with Gasteiger partial charge in [0.2, 0.25) is 0 Å². The largest absolute Gasteiger partial charge is 0.393 e. The van der Waals surface area contributed by atoms with Crippen molar-refractivity contribution in [1.29, 1.82) is 0 Å². The average Bonchev–Trinajstić information content (AvgIpc) is 2.85. The molecule has 0 aromatic carbocycles. The third-order valence-corrected chi connectivity index (χ3v) is 12.7. The normalized spacial score (nSPS) is 53.0. The van der Waals surface area contributed by atoms with Gasteiger partial charge in [-0.25, -0.2) is 0 Å². The summed E-state index contributed by atoms with van der Waals surface area (Å²) in [6, 6.07) is 0. The summed E-state index contributed by atoms with van der Waals surface area (Å²) in [5, 5.41) is 21.8. The van der Waals surface area contributed by atoms with E-state index in [1.165, 1.54) is 44.1 Å². The van der Waals surface area contributed by atoms with Gasteiger partial charge < -0.3 is 10.2 Å². The fourth-order valence-corrected chi connectivity index (χ4v) is 11.1. The topological polar surface area (TPSA) is 40.5 Å². The highest BCUT2D eigenvalue weighted by atomic mass is 16.3. The van der Waals surface area contributed by atoms with Crippen LogP contribution in [0.1, 0.15) is 106 Å². The van der Waals surface area contributed by atoms with Crippen molar-refractivity contribution >= 4 is 0 Å². The molecule has 2 heteroatoms. The zero-order valence-corrected chi connectivity index (χ0v) is 22.5. The Morgan fingerprint density at radius 3 is 2.00 bits per heavy atom. The van der Waals surface area contributed by atoms with E-state index < -0.39 is 0 Å². The van der Waals surface area contributed by atoms with Gasteiger partial charge in [-0.15, -0.1) is 0 Å². The van der Waals surface area contributed by atoms with Crippen molar-refractivity contribution in [2.45, 2.75) is 118 Å². The minimum absolute atomic E-state index is 0.0154. The average molecular weight is 455 g/mol. The van der Waals surface area contributed by atoms with Crippen LogP contribution in [-0.4, -0.2) is 22.4 Å². The van der Waals surface area contributed by atoms with Crippen molar-refractivity contribution < 1.29 is 10.2 Å². The van der Waals surface area contributed by atoms with Crippen LogP contribution in [-0.2, 0) is 0 Å². The molecule has 0 aromatic heterocycles. The molecule has 0 amide bonds. The lowest BCUT2D eigenvalue weighted by Gasteiger charge is -2.63. The maximum absolute atomic E-state index is 10.9. The summed E-state index contributed by atoms with van der Waals surface area (Å²) in [5.74, 6) is 2.32. The van der Waals surface area contributed by atoms with E-state index in [9.17, 15) is 10.2 Å². The molecular weight excluding hydrogens is 404 g/mol. The van der Waals surface area contributed by atoms with E-state index in [1.54, 1.807) is 5.57 Å². The molecule has 0 aliphatic heterocycles. The standard InChI is InChI=1S/C31H50O2/c1-19-17-20-18-29(6)14-11-22-27(2,3)24(32)13-16-31(22,8)23(29)10-9-21(20)30(7)15-12-25(33)28(4,5)26(19)30/h17,21-26,32-33H,1,9-16,18H2,2-8H3/t21-,22-,23-,24+,25+,26-,29-,30+,31-/m0/s1. The molecule has 0 aromatic rings. The smallest absolute Gasteiger partial charge is 0.0597 e. The third kappa shape index (κ3) is 3.11. The molecule has 0 saturated heterocycles. The molecule has 0 radical (unpaired) electrons. The van der Waals surface area contributed by atoms with E-state index in [4.69, 9.17) is 0 Å². The van der Waals surface area contributed by atoms with Gasteiger partial charge >= 0.3 is 0 Å². The summed E-state index contributed by atoms with van der Waals surface area (Å²) < 4.78 is 0. The minimum Gasteiger partial charge on any atom is -0.393 e. The van der Waals surface area contributed by atoms with Gasteiger partial charge in [-0.2, -0.15) is 0 Å². The van der Waals surface area contributed by atoms with Gasteiger partial charge in [0.25, 0.3) is 0 Å². The first kappa shape index (κ1) is 24.1. The number of rotatable bonds is 0. The number of allylic oxidation sites excluding steroid dienone is 3. The molecule has 0 unspecified atom stereocenters. The second-order valence-corrected chi connectivity index (χ2v) is 15.1. The molecule has 5 rings (SSSR count). The SMILES string of the molecule is C=C1C=C2C[C@]3(C)CC[C@H]4C(C)(C)[C@H](O)CC[C@]4(C)[C@H]3CC[C@@H]2[C@@]2(C)CC[C@@H](O)C(C)(C)[C@H]12. The molecule has 33 heavy (non-hydrogen) atoms.